The monoisotopic (exact) mass is 396 g/mol. The molecule has 1 amide bonds. The van der Waals surface area contributed by atoms with Crippen LogP contribution in [0.15, 0.2) is 59.5 Å². The second-order valence-electron chi connectivity index (χ2n) is 6.08. The number of Topliss-reactive ketones (excluding diaryl/α,β-unsaturated/α-hetero) is 1. The molecule has 0 atom stereocenters. The number of carbonyl (C=O) groups is 2. The van der Waals surface area contributed by atoms with Gasteiger partial charge in [-0.05, 0) is 19.1 Å². The lowest BCUT2D eigenvalue weighted by Crippen LogP contribution is -2.11. The van der Waals surface area contributed by atoms with Crippen molar-refractivity contribution in [3.05, 3.63) is 65.0 Å². The van der Waals surface area contributed by atoms with Crippen LogP contribution in [0.4, 0.5) is 5.13 Å². The van der Waals surface area contributed by atoms with Crippen molar-refractivity contribution in [1.29, 1.82) is 0 Å². The molecule has 0 aliphatic rings. The molecule has 1 N–H and O–H groups in total. The summed E-state index contributed by atoms with van der Waals surface area (Å²) in [5.74, 6) is 0.533. The fraction of sp³-hybridized carbons (Fsp3) is 0.190. The van der Waals surface area contributed by atoms with Gasteiger partial charge in [0.2, 0.25) is 5.91 Å². The number of carbonyl (C=O) groups excluding carboxylic acids is 2. The molecule has 0 saturated carbocycles. The Morgan fingerprint density at radius 3 is 2.44 bits per heavy atom. The molecule has 1 heterocycles. The minimum absolute atomic E-state index is 0.0539. The maximum atomic E-state index is 12.2. The molecule has 0 spiro atoms. The fourth-order valence-corrected chi connectivity index (χ4v) is 4.23. The Morgan fingerprint density at radius 2 is 1.78 bits per heavy atom. The number of aromatic nitrogens is 1. The highest BCUT2D eigenvalue weighted by Gasteiger charge is 2.17. The Hall–Kier alpha value is -2.44. The average molecular weight is 397 g/mol. The standard InChI is InChI=1S/C21H20N2O2S2/c1-14-8-10-17(11-9-14)26-13-12-18(25)22-21-23-19(20(27-21)15(2)24)16-6-4-3-5-7-16/h3-11H,12-13H2,1-2H3,(H,22,23,25). The van der Waals surface area contributed by atoms with Gasteiger partial charge in [0, 0.05) is 29.6 Å². The lowest BCUT2D eigenvalue weighted by molar-refractivity contribution is -0.115. The van der Waals surface area contributed by atoms with E-state index < -0.39 is 0 Å². The summed E-state index contributed by atoms with van der Waals surface area (Å²) in [7, 11) is 0. The van der Waals surface area contributed by atoms with Crippen LogP contribution in [0.3, 0.4) is 0 Å². The van der Waals surface area contributed by atoms with Crippen molar-refractivity contribution < 1.29 is 9.59 Å². The van der Waals surface area contributed by atoms with E-state index in [-0.39, 0.29) is 11.7 Å². The molecule has 6 heteroatoms. The number of nitrogens with zero attached hydrogens (tertiary/aromatic N) is 1. The fourth-order valence-electron chi connectivity index (χ4n) is 2.48. The van der Waals surface area contributed by atoms with Crippen LogP contribution in [0.5, 0.6) is 0 Å². The highest BCUT2D eigenvalue weighted by Crippen LogP contribution is 2.31. The van der Waals surface area contributed by atoms with E-state index in [0.717, 1.165) is 10.5 Å². The molecule has 0 fully saturated rings. The largest absolute Gasteiger partial charge is 0.302 e. The van der Waals surface area contributed by atoms with Gasteiger partial charge in [-0.15, -0.1) is 11.8 Å². The van der Waals surface area contributed by atoms with Crippen LogP contribution in [0.25, 0.3) is 11.3 Å². The molecule has 3 rings (SSSR count). The van der Waals surface area contributed by atoms with Gasteiger partial charge in [-0.3, -0.25) is 9.59 Å². The van der Waals surface area contributed by atoms with Crippen molar-refractivity contribution in [1.82, 2.24) is 4.98 Å². The van der Waals surface area contributed by atoms with E-state index in [1.807, 2.05) is 30.3 Å². The van der Waals surface area contributed by atoms with Crippen molar-refractivity contribution in [2.45, 2.75) is 25.2 Å². The van der Waals surface area contributed by atoms with Crippen molar-refractivity contribution in [2.75, 3.05) is 11.1 Å². The molecule has 3 aromatic rings. The number of thioether (sulfide) groups is 1. The summed E-state index contributed by atoms with van der Waals surface area (Å²) in [6.07, 6.45) is 0.383. The van der Waals surface area contributed by atoms with Gasteiger partial charge in [-0.1, -0.05) is 59.4 Å². The smallest absolute Gasteiger partial charge is 0.226 e. The average Bonchev–Trinajstić information content (AvgIpc) is 3.08. The molecule has 1 aromatic heterocycles. The number of benzene rings is 2. The van der Waals surface area contributed by atoms with E-state index in [1.165, 1.54) is 23.8 Å². The number of thiazole rings is 1. The Bertz CT molecular complexity index is 935. The molecule has 0 aliphatic carbocycles. The Kier molecular flexibility index (Phi) is 6.42. The number of amides is 1. The zero-order valence-corrected chi connectivity index (χ0v) is 16.8. The first-order chi connectivity index (χ1) is 13.0. The number of aryl methyl sites for hydroxylation is 1. The number of hydrogen-bond acceptors (Lipinski definition) is 5. The Balaban J connectivity index is 1.62. The van der Waals surface area contributed by atoms with Gasteiger partial charge in [0.15, 0.2) is 10.9 Å². The zero-order chi connectivity index (χ0) is 19.2. The van der Waals surface area contributed by atoms with Crippen LogP contribution in [0.1, 0.15) is 28.6 Å². The van der Waals surface area contributed by atoms with Crippen LogP contribution >= 0.6 is 23.1 Å². The molecule has 27 heavy (non-hydrogen) atoms. The zero-order valence-electron chi connectivity index (χ0n) is 15.2. The quantitative estimate of drug-likeness (QED) is 0.427. The van der Waals surface area contributed by atoms with Crippen molar-refractivity contribution in [2.24, 2.45) is 0 Å². The summed E-state index contributed by atoms with van der Waals surface area (Å²) in [6.45, 7) is 3.57. The summed E-state index contributed by atoms with van der Waals surface area (Å²) in [5.41, 5.74) is 2.71. The molecule has 0 radical (unpaired) electrons. The predicted octanol–water partition coefficient (Wildman–Crippen LogP) is 5.44. The van der Waals surface area contributed by atoms with Crippen LogP contribution in [-0.2, 0) is 4.79 Å². The lowest BCUT2D eigenvalue weighted by Gasteiger charge is -2.03. The number of anilines is 1. The molecule has 0 aliphatic heterocycles. The van der Waals surface area contributed by atoms with Crippen LogP contribution in [-0.4, -0.2) is 22.4 Å². The van der Waals surface area contributed by atoms with Crippen LogP contribution in [0.2, 0.25) is 0 Å². The first kappa shape index (κ1) is 19.3. The molecular weight excluding hydrogens is 376 g/mol. The summed E-state index contributed by atoms with van der Waals surface area (Å²) in [5, 5.41) is 3.29. The lowest BCUT2D eigenvalue weighted by atomic mass is 10.1. The van der Waals surface area contributed by atoms with Gasteiger partial charge in [0.05, 0.1) is 10.6 Å². The third-order valence-corrected chi connectivity index (χ3v) is 5.94. The molecule has 0 unspecified atom stereocenters. The predicted molar refractivity (Wildman–Crippen MR) is 113 cm³/mol. The number of nitrogens with one attached hydrogen (secondary N) is 1. The van der Waals surface area contributed by atoms with E-state index in [2.05, 4.69) is 41.5 Å². The van der Waals surface area contributed by atoms with Gasteiger partial charge in [-0.25, -0.2) is 4.98 Å². The van der Waals surface area contributed by atoms with Gasteiger partial charge >= 0.3 is 0 Å². The topological polar surface area (TPSA) is 59.1 Å². The molecule has 0 saturated heterocycles. The highest BCUT2D eigenvalue weighted by molar-refractivity contribution is 7.99. The first-order valence-corrected chi connectivity index (χ1v) is 10.4. The van der Waals surface area contributed by atoms with E-state index in [4.69, 9.17) is 0 Å². The maximum Gasteiger partial charge on any atom is 0.226 e. The third-order valence-electron chi connectivity index (χ3n) is 3.86. The maximum absolute atomic E-state index is 12.2. The first-order valence-electron chi connectivity index (χ1n) is 8.59. The number of hydrogen-bond donors (Lipinski definition) is 1. The molecule has 2 aromatic carbocycles. The minimum atomic E-state index is -0.0990. The van der Waals surface area contributed by atoms with Gasteiger partial charge in [0.25, 0.3) is 0 Å². The Labute approximate surface area is 167 Å². The van der Waals surface area contributed by atoms with Crippen molar-refractivity contribution >= 4 is 39.9 Å². The van der Waals surface area contributed by atoms with Crippen LogP contribution < -0.4 is 5.32 Å². The summed E-state index contributed by atoms with van der Waals surface area (Å²) in [4.78, 5) is 30.4. The van der Waals surface area contributed by atoms with Gasteiger partial charge in [-0.2, -0.15) is 0 Å². The van der Waals surface area contributed by atoms with Crippen molar-refractivity contribution in [3.8, 4) is 11.3 Å². The van der Waals surface area contributed by atoms with Gasteiger partial charge < -0.3 is 5.32 Å². The second kappa shape index (κ2) is 8.97. The normalized spacial score (nSPS) is 10.6. The summed E-state index contributed by atoms with van der Waals surface area (Å²) in [6, 6.07) is 17.8. The van der Waals surface area contributed by atoms with E-state index in [9.17, 15) is 9.59 Å². The molecule has 4 nitrogen and oxygen atoms in total. The number of rotatable bonds is 7. The van der Waals surface area contributed by atoms with Crippen LogP contribution in [0, 0.1) is 6.92 Å². The molecule has 138 valence electrons. The third kappa shape index (κ3) is 5.28. The molecule has 0 bridgehead atoms. The van der Waals surface area contributed by atoms with Crippen molar-refractivity contribution in [3.63, 3.8) is 0 Å². The second-order valence-corrected chi connectivity index (χ2v) is 8.25. The minimum Gasteiger partial charge on any atom is -0.302 e. The highest BCUT2D eigenvalue weighted by atomic mass is 32.2. The summed E-state index contributed by atoms with van der Waals surface area (Å²) < 4.78 is 0. The van der Waals surface area contributed by atoms with E-state index in [1.54, 1.807) is 11.8 Å². The Morgan fingerprint density at radius 1 is 1.07 bits per heavy atom. The van der Waals surface area contributed by atoms with E-state index in [0.29, 0.717) is 27.9 Å². The number of ketones is 1. The van der Waals surface area contributed by atoms with Gasteiger partial charge in [0.1, 0.15) is 0 Å². The molecular formula is C21H20N2O2S2. The summed E-state index contributed by atoms with van der Waals surface area (Å²) >= 11 is 2.87. The SMILES string of the molecule is CC(=O)c1sc(NC(=O)CCSc2ccc(C)cc2)nc1-c1ccccc1. The van der Waals surface area contributed by atoms with E-state index >= 15 is 0 Å².